The van der Waals surface area contributed by atoms with Crippen molar-refractivity contribution in [2.45, 2.75) is 19.9 Å². The third-order valence-electron chi connectivity index (χ3n) is 3.55. The molecule has 3 N–H and O–H groups in total. The van der Waals surface area contributed by atoms with Crippen LogP contribution in [0.2, 0.25) is 0 Å². The normalized spacial score (nSPS) is 12.9. The highest BCUT2D eigenvalue weighted by Gasteiger charge is 2.17. The second kappa shape index (κ2) is 5.37. The molecule has 0 saturated heterocycles. The first-order valence-corrected chi connectivity index (χ1v) is 7.47. The van der Waals surface area contributed by atoms with Crippen molar-refractivity contribution in [1.82, 2.24) is 0 Å². The van der Waals surface area contributed by atoms with Crippen LogP contribution in [0.5, 0.6) is 5.75 Å². The molecule has 0 spiro atoms. The zero-order valence-corrected chi connectivity index (χ0v) is 13.0. The molecule has 0 radical (unpaired) electrons. The fourth-order valence-corrected chi connectivity index (χ4v) is 3.11. The van der Waals surface area contributed by atoms with Crippen LogP contribution in [-0.4, -0.2) is 6.61 Å². The van der Waals surface area contributed by atoms with Crippen LogP contribution >= 0.6 is 15.9 Å². The minimum absolute atomic E-state index is 0.743. The van der Waals surface area contributed by atoms with Gasteiger partial charge in [0.25, 0.3) is 0 Å². The topological polar surface area (TPSA) is 47.3 Å². The maximum absolute atomic E-state index is 5.77. The molecule has 1 aliphatic heterocycles. The Morgan fingerprint density at radius 2 is 2.15 bits per heavy atom. The molecule has 0 aliphatic carbocycles. The van der Waals surface area contributed by atoms with Crippen molar-refractivity contribution in [1.29, 1.82) is 0 Å². The van der Waals surface area contributed by atoms with E-state index in [1.807, 2.05) is 18.2 Å². The number of hydrogen-bond donors (Lipinski definition) is 2. The molecule has 0 bridgehead atoms. The Morgan fingerprint density at radius 3 is 2.95 bits per heavy atom. The van der Waals surface area contributed by atoms with Gasteiger partial charge in [0, 0.05) is 34.4 Å². The van der Waals surface area contributed by atoms with E-state index in [4.69, 9.17) is 10.5 Å². The number of fused-ring (bicyclic) bond motifs is 1. The summed E-state index contributed by atoms with van der Waals surface area (Å²) in [6, 6.07) is 10.2. The standard InChI is InChI=1S/C16H17BrN2O/c1-10-6-14(18)2-3-15(10)19-9-12-8-13(17)7-11-4-5-20-16(11)12/h2-3,6-8,19H,4-5,9,18H2,1H3. The van der Waals surface area contributed by atoms with E-state index < -0.39 is 0 Å². The third-order valence-corrected chi connectivity index (χ3v) is 4.00. The van der Waals surface area contributed by atoms with E-state index in [1.165, 1.54) is 11.1 Å². The largest absolute Gasteiger partial charge is 0.493 e. The molecule has 4 heteroatoms. The average Bonchev–Trinajstić information content (AvgIpc) is 2.85. The van der Waals surface area contributed by atoms with E-state index in [-0.39, 0.29) is 0 Å². The van der Waals surface area contributed by atoms with Crippen LogP contribution in [-0.2, 0) is 13.0 Å². The molecule has 0 unspecified atom stereocenters. The maximum atomic E-state index is 5.77. The van der Waals surface area contributed by atoms with Crippen LogP contribution < -0.4 is 15.8 Å². The zero-order chi connectivity index (χ0) is 14.1. The second-order valence-corrected chi connectivity index (χ2v) is 6.00. The molecule has 2 aromatic rings. The predicted octanol–water partition coefficient (Wildman–Crippen LogP) is 3.89. The van der Waals surface area contributed by atoms with Gasteiger partial charge in [-0.05, 0) is 48.4 Å². The van der Waals surface area contributed by atoms with E-state index in [0.717, 1.165) is 46.7 Å². The number of nitrogen functional groups attached to an aromatic ring is 1. The van der Waals surface area contributed by atoms with Gasteiger partial charge in [-0.2, -0.15) is 0 Å². The monoisotopic (exact) mass is 332 g/mol. The van der Waals surface area contributed by atoms with E-state index in [2.05, 4.69) is 40.3 Å². The van der Waals surface area contributed by atoms with Gasteiger partial charge in [0.05, 0.1) is 6.61 Å². The SMILES string of the molecule is Cc1cc(N)ccc1NCc1cc(Br)cc2c1OCC2. The van der Waals surface area contributed by atoms with Gasteiger partial charge in [0.2, 0.25) is 0 Å². The van der Waals surface area contributed by atoms with Gasteiger partial charge in [-0.1, -0.05) is 15.9 Å². The Hall–Kier alpha value is -1.68. The van der Waals surface area contributed by atoms with Crippen molar-refractivity contribution in [2.24, 2.45) is 0 Å². The van der Waals surface area contributed by atoms with Crippen LogP contribution in [0.4, 0.5) is 11.4 Å². The smallest absolute Gasteiger partial charge is 0.127 e. The van der Waals surface area contributed by atoms with Gasteiger partial charge < -0.3 is 15.8 Å². The minimum atomic E-state index is 0.743. The van der Waals surface area contributed by atoms with Crippen LogP contribution in [0.15, 0.2) is 34.8 Å². The highest BCUT2D eigenvalue weighted by atomic mass is 79.9. The lowest BCUT2D eigenvalue weighted by Gasteiger charge is -2.13. The number of halogens is 1. The van der Waals surface area contributed by atoms with Crippen molar-refractivity contribution in [3.8, 4) is 5.75 Å². The molecule has 1 heterocycles. The van der Waals surface area contributed by atoms with Crippen LogP contribution in [0.3, 0.4) is 0 Å². The van der Waals surface area contributed by atoms with Gasteiger partial charge in [-0.3, -0.25) is 0 Å². The Kier molecular flexibility index (Phi) is 3.57. The number of anilines is 2. The average molecular weight is 333 g/mol. The highest BCUT2D eigenvalue weighted by molar-refractivity contribution is 9.10. The summed E-state index contributed by atoms with van der Waals surface area (Å²) in [5, 5.41) is 3.46. The van der Waals surface area contributed by atoms with Crippen molar-refractivity contribution in [3.05, 3.63) is 51.5 Å². The Bertz CT molecular complexity index is 655. The lowest BCUT2D eigenvalue weighted by atomic mass is 10.1. The lowest BCUT2D eigenvalue weighted by Crippen LogP contribution is -2.03. The molecular weight excluding hydrogens is 316 g/mol. The second-order valence-electron chi connectivity index (χ2n) is 5.08. The van der Waals surface area contributed by atoms with Crippen LogP contribution in [0, 0.1) is 6.92 Å². The molecule has 0 saturated carbocycles. The van der Waals surface area contributed by atoms with Gasteiger partial charge in [0.1, 0.15) is 5.75 Å². The highest BCUT2D eigenvalue weighted by Crippen LogP contribution is 2.33. The first-order chi connectivity index (χ1) is 9.63. The third kappa shape index (κ3) is 2.61. The van der Waals surface area contributed by atoms with Gasteiger partial charge >= 0.3 is 0 Å². The Balaban J connectivity index is 1.82. The zero-order valence-electron chi connectivity index (χ0n) is 11.4. The summed E-state index contributed by atoms with van der Waals surface area (Å²) >= 11 is 3.57. The summed E-state index contributed by atoms with van der Waals surface area (Å²) < 4.78 is 6.85. The van der Waals surface area contributed by atoms with Crippen LogP contribution in [0.25, 0.3) is 0 Å². The summed E-state index contributed by atoms with van der Waals surface area (Å²) in [7, 11) is 0. The lowest BCUT2D eigenvalue weighted by molar-refractivity contribution is 0.354. The summed E-state index contributed by atoms with van der Waals surface area (Å²) in [4.78, 5) is 0. The molecule has 2 aromatic carbocycles. The quantitative estimate of drug-likeness (QED) is 0.838. The molecule has 3 rings (SSSR count). The Morgan fingerprint density at radius 1 is 1.30 bits per heavy atom. The molecule has 0 atom stereocenters. The van der Waals surface area contributed by atoms with Gasteiger partial charge in [-0.25, -0.2) is 0 Å². The van der Waals surface area contributed by atoms with Crippen molar-refractivity contribution < 1.29 is 4.74 Å². The fourth-order valence-electron chi connectivity index (χ4n) is 2.55. The molecule has 0 amide bonds. The molecule has 20 heavy (non-hydrogen) atoms. The number of rotatable bonds is 3. The number of benzene rings is 2. The number of nitrogens with one attached hydrogen (secondary N) is 1. The predicted molar refractivity (Wildman–Crippen MR) is 86.3 cm³/mol. The minimum Gasteiger partial charge on any atom is -0.493 e. The molecule has 3 nitrogen and oxygen atoms in total. The van der Waals surface area contributed by atoms with E-state index in [1.54, 1.807) is 0 Å². The van der Waals surface area contributed by atoms with Gasteiger partial charge in [-0.15, -0.1) is 0 Å². The molecule has 104 valence electrons. The van der Waals surface area contributed by atoms with Crippen molar-refractivity contribution in [2.75, 3.05) is 17.7 Å². The van der Waals surface area contributed by atoms with E-state index in [9.17, 15) is 0 Å². The van der Waals surface area contributed by atoms with Crippen molar-refractivity contribution in [3.63, 3.8) is 0 Å². The van der Waals surface area contributed by atoms with E-state index in [0.29, 0.717) is 0 Å². The van der Waals surface area contributed by atoms with Crippen LogP contribution in [0.1, 0.15) is 16.7 Å². The summed E-state index contributed by atoms with van der Waals surface area (Å²) in [6.07, 6.45) is 0.989. The maximum Gasteiger partial charge on any atom is 0.127 e. The summed E-state index contributed by atoms with van der Waals surface area (Å²) in [6.45, 7) is 3.58. The van der Waals surface area contributed by atoms with E-state index >= 15 is 0 Å². The Labute approximate surface area is 127 Å². The molecular formula is C16H17BrN2O. The number of hydrogen-bond acceptors (Lipinski definition) is 3. The van der Waals surface area contributed by atoms with Crippen molar-refractivity contribution >= 4 is 27.3 Å². The summed E-state index contributed by atoms with van der Waals surface area (Å²) in [5.74, 6) is 1.04. The number of aryl methyl sites for hydroxylation is 1. The fraction of sp³-hybridized carbons (Fsp3) is 0.250. The number of ether oxygens (including phenoxy) is 1. The molecule has 1 aliphatic rings. The van der Waals surface area contributed by atoms with Gasteiger partial charge in [0.15, 0.2) is 0 Å². The number of nitrogens with two attached hydrogens (primary N) is 1. The first kappa shape index (κ1) is 13.3. The molecule has 0 aromatic heterocycles. The first-order valence-electron chi connectivity index (χ1n) is 6.67. The summed E-state index contributed by atoms with van der Waals surface area (Å²) in [5.41, 5.74) is 11.3. The molecule has 0 fully saturated rings.